The average molecular weight is 395 g/mol. The summed E-state index contributed by atoms with van der Waals surface area (Å²) < 4.78 is 18.8. The van der Waals surface area contributed by atoms with E-state index in [1.807, 2.05) is 44.2 Å². The third-order valence-electron chi connectivity index (χ3n) is 5.05. The van der Waals surface area contributed by atoms with Gasteiger partial charge in [-0.25, -0.2) is 9.18 Å². The van der Waals surface area contributed by atoms with E-state index in [1.54, 1.807) is 24.0 Å². The summed E-state index contributed by atoms with van der Waals surface area (Å²) in [5.74, 6) is -0.903. The molecular formula is C24H26FNO3. The summed E-state index contributed by atoms with van der Waals surface area (Å²) in [6, 6.07) is 15.6. The lowest BCUT2D eigenvalue weighted by molar-refractivity contribution is -0.141. The van der Waals surface area contributed by atoms with Crippen LogP contribution in [0.4, 0.5) is 4.39 Å². The van der Waals surface area contributed by atoms with E-state index in [-0.39, 0.29) is 42.5 Å². The van der Waals surface area contributed by atoms with Crippen LogP contribution in [-0.4, -0.2) is 23.4 Å². The lowest BCUT2D eigenvalue weighted by Crippen LogP contribution is -2.38. The zero-order chi connectivity index (χ0) is 21.0. The predicted molar refractivity (Wildman–Crippen MR) is 109 cm³/mol. The number of amides is 1. The molecule has 29 heavy (non-hydrogen) atoms. The number of carbonyl (C=O) groups is 2. The first-order valence-corrected chi connectivity index (χ1v) is 9.84. The molecule has 0 aliphatic carbocycles. The smallest absolute Gasteiger partial charge is 0.336 e. The summed E-state index contributed by atoms with van der Waals surface area (Å²) in [7, 11) is 0. The van der Waals surface area contributed by atoms with Crippen molar-refractivity contribution < 1.29 is 18.7 Å². The monoisotopic (exact) mass is 395 g/mol. The number of nitrogens with zero attached hydrogens (tertiary/aromatic N) is 1. The van der Waals surface area contributed by atoms with Crippen LogP contribution in [0.1, 0.15) is 44.2 Å². The maximum absolute atomic E-state index is 13.2. The van der Waals surface area contributed by atoms with Crippen LogP contribution in [0.15, 0.2) is 65.9 Å². The Morgan fingerprint density at radius 2 is 1.79 bits per heavy atom. The third kappa shape index (κ3) is 4.91. The number of carbonyl (C=O) groups excluding carboxylic acids is 2. The lowest BCUT2D eigenvalue weighted by Gasteiger charge is -2.34. The summed E-state index contributed by atoms with van der Waals surface area (Å²) in [5.41, 5.74) is 2.82. The van der Waals surface area contributed by atoms with Gasteiger partial charge < -0.3 is 9.64 Å². The summed E-state index contributed by atoms with van der Waals surface area (Å²) in [6.45, 7) is 6.35. The highest BCUT2D eigenvalue weighted by atomic mass is 19.1. The molecule has 0 aromatic heterocycles. The minimum atomic E-state index is -0.387. The highest BCUT2D eigenvalue weighted by Crippen LogP contribution is 2.37. The topological polar surface area (TPSA) is 46.6 Å². The van der Waals surface area contributed by atoms with Gasteiger partial charge in [0.05, 0.1) is 18.7 Å². The third-order valence-corrected chi connectivity index (χ3v) is 5.05. The van der Waals surface area contributed by atoms with Gasteiger partial charge in [0.15, 0.2) is 0 Å². The molecule has 2 aromatic rings. The quantitative estimate of drug-likeness (QED) is 0.659. The Morgan fingerprint density at radius 1 is 1.14 bits per heavy atom. The van der Waals surface area contributed by atoms with Gasteiger partial charge in [-0.2, -0.15) is 0 Å². The molecule has 0 radical (unpaired) electrons. The van der Waals surface area contributed by atoms with Crippen molar-refractivity contribution in [3.63, 3.8) is 0 Å². The van der Waals surface area contributed by atoms with Crippen molar-refractivity contribution in [2.75, 3.05) is 6.61 Å². The first-order valence-electron chi connectivity index (χ1n) is 9.84. The largest absolute Gasteiger partial charge is 0.462 e. The molecule has 1 heterocycles. The minimum absolute atomic E-state index is 0.0684. The Kier molecular flexibility index (Phi) is 6.47. The molecular weight excluding hydrogens is 369 g/mol. The van der Waals surface area contributed by atoms with Crippen LogP contribution in [0, 0.1) is 11.7 Å². The number of hydrogen-bond acceptors (Lipinski definition) is 3. The molecule has 1 unspecified atom stereocenters. The predicted octanol–water partition coefficient (Wildman–Crippen LogP) is 4.82. The summed E-state index contributed by atoms with van der Waals surface area (Å²) in [4.78, 5) is 27.5. The van der Waals surface area contributed by atoms with Gasteiger partial charge in [-0.15, -0.1) is 0 Å². The number of ether oxygens (including phenoxy) is 1. The molecule has 0 saturated carbocycles. The highest BCUT2D eigenvalue weighted by Gasteiger charge is 2.36. The Labute approximate surface area is 171 Å². The van der Waals surface area contributed by atoms with Gasteiger partial charge in [-0.05, 0) is 36.1 Å². The maximum Gasteiger partial charge on any atom is 0.336 e. The number of rotatable bonds is 6. The molecule has 1 aliphatic heterocycles. The van der Waals surface area contributed by atoms with E-state index in [2.05, 4.69) is 0 Å². The van der Waals surface area contributed by atoms with Gasteiger partial charge in [-0.1, -0.05) is 56.3 Å². The highest BCUT2D eigenvalue weighted by molar-refractivity contribution is 5.95. The SMILES string of the molecule is CC1=C(C(=O)OCC(C)C)C(c2ccccc2)CC(=O)N1Cc1ccc(F)cc1. The fourth-order valence-electron chi connectivity index (χ4n) is 3.53. The van der Waals surface area contributed by atoms with Crippen LogP contribution in [0.25, 0.3) is 0 Å². The summed E-state index contributed by atoms with van der Waals surface area (Å²) in [5, 5.41) is 0. The van der Waals surface area contributed by atoms with Crippen molar-refractivity contribution in [3.05, 3.63) is 82.8 Å². The molecule has 0 N–H and O–H groups in total. The van der Waals surface area contributed by atoms with Gasteiger partial charge in [0, 0.05) is 18.0 Å². The van der Waals surface area contributed by atoms with Crippen molar-refractivity contribution in [1.82, 2.24) is 4.90 Å². The van der Waals surface area contributed by atoms with E-state index in [0.29, 0.717) is 17.9 Å². The second-order valence-corrected chi connectivity index (χ2v) is 7.77. The number of esters is 1. The average Bonchev–Trinajstić information content (AvgIpc) is 2.71. The summed E-state index contributed by atoms with van der Waals surface area (Å²) >= 11 is 0. The number of hydrogen-bond donors (Lipinski definition) is 0. The first-order chi connectivity index (χ1) is 13.9. The second-order valence-electron chi connectivity index (χ2n) is 7.77. The van der Waals surface area contributed by atoms with Crippen LogP contribution in [0.5, 0.6) is 0 Å². The number of halogens is 1. The molecule has 0 fully saturated rings. The zero-order valence-corrected chi connectivity index (χ0v) is 17.0. The molecule has 152 valence electrons. The Bertz CT molecular complexity index is 903. The van der Waals surface area contributed by atoms with E-state index in [4.69, 9.17) is 4.74 Å². The lowest BCUT2D eigenvalue weighted by atomic mass is 9.83. The van der Waals surface area contributed by atoms with E-state index in [9.17, 15) is 14.0 Å². The fraction of sp³-hybridized carbons (Fsp3) is 0.333. The van der Waals surface area contributed by atoms with Crippen molar-refractivity contribution in [2.24, 2.45) is 5.92 Å². The molecule has 1 atom stereocenters. The zero-order valence-electron chi connectivity index (χ0n) is 17.0. The van der Waals surface area contributed by atoms with E-state index < -0.39 is 0 Å². The van der Waals surface area contributed by atoms with E-state index in [0.717, 1.165) is 11.1 Å². The fourth-order valence-corrected chi connectivity index (χ4v) is 3.53. The van der Waals surface area contributed by atoms with Crippen LogP contribution in [0.3, 0.4) is 0 Å². The molecule has 1 amide bonds. The number of benzene rings is 2. The Morgan fingerprint density at radius 3 is 2.41 bits per heavy atom. The summed E-state index contributed by atoms with van der Waals surface area (Å²) in [6.07, 6.45) is 0.189. The van der Waals surface area contributed by atoms with Crippen molar-refractivity contribution >= 4 is 11.9 Å². The Balaban J connectivity index is 1.97. The van der Waals surface area contributed by atoms with E-state index >= 15 is 0 Å². The maximum atomic E-state index is 13.2. The van der Waals surface area contributed by atoms with Crippen LogP contribution in [0.2, 0.25) is 0 Å². The van der Waals surface area contributed by atoms with Gasteiger partial charge >= 0.3 is 5.97 Å². The van der Waals surface area contributed by atoms with Gasteiger partial charge in [0.2, 0.25) is 5.91 Å². The first kappa shape index (κ1) is 20.8. The normalized spacial score (nSPS) is 17.1. The minimum Gasteiger partial charge on any atom is -0.462 e. The van der Waals surface area contributed by atoms with Crippen LogP contribution < -0.4 is 0 Å². The van der Waals surface area contributed by atoms with Crippen LogP contribution >= 0.6 is 0 Å². The molecule has 5 heteroatoms. The second kappa shape index (κ2) is 9.03. The van der Waals surface area contributed by atoms with Crippen molar-refractivity contribution in [3.8, 4) is 0 Å². The molecule has 3 rings (SSSR count). The van der Waals surface area contributed by atoms with Gasteiger partial charge in [-0.3, -0.25) is 4.79 Å². The molecule has 1 aliphatic rings. The molecule has 0 spiro atoms. The van der Waals surface area contributed by atoms with Crippen LogP contribution in [-0.2, 0) is 20.9 Å². The van der Waals surface area contributed by atoms with Crippen molar-refractivity contribution in [1.29, 1.82) is 0 Å². The molecule has 0 bridgehead atoms. The molecule has 2 aromatic carbocycles. The number of allylic oxidation sites excluding steroid dienone is 1. The van der Waals surface area contributed by atoms with Gasteiger partial charge in [0.25, 0.3) is 0 Å². The molecule has 0 saturated heterocycles. The standard InChI is InChI=1S/C24H26FNO3/c1-16(2)15-29-24(28)23-17(3)26(14-18-9-11-20(25)12-10-18)22(27)13-21(23)19-7-5-4-6-8-19/h4-12,16,21H,13-15H2,1-3H3. The van der Waals surface area contributed by atoms with Gasteiger partial charge in [0.1, 0.15) is 5.82 Å². The van der Waals surface area contributed by atoms with E-state index in [1.165, 1.54) is 12.1 Å². The molecule has 4 nitrogen and oxygen atoms in total. The van der Waals surface area contributed by atoms with Crippen molar-refractivity contribution in [2.45, 2.75) is 39.7 Å². The Hall–Kier alpha value is -2.95.